The summed E-state index contributed by atoms with van der Waals surface area (Å²) in [7, 11) is 1.68. The summed E-state index contributed by atoms with van der Waals surface area (Å²) in [6, 6.07) is 21.3. The number of aromatic amines is 1. The molecule has 1 aromatic heterocycles. The number of nitriles is 1. The average Bonchev–Trinajstić information content (AvgIpc) is 3.35. The fourth-order valence-corrected chi connectivity index (χ4v) is 4.58. The van der Waals surface area contributed by atoms with Crippen molar-refractivity contribution in [3.63, 3.8) is 0 Å². The van der Waals surface area contributed by atoms with Crippen molar-refractivity contribution in [3.05, 3.63) is 95.1 Å². The number of hydrogen-bond donors (Lipinski definition) is 2. The Morgan fingerprint density at radius 2 is 1.97 bits per heavy atom. The molecule has 0 aliphatic carbocycles. The molecule has 1 atom stereocenters. The number of nitrogens with one attached hydrogen (secondary N) is 2. The van der Waals surface area contributed by atoms with Crippen LogP contribution in [0.5, 0.6) is 5.75 Å². The van der Waals surface area contributed by atoms with E-state index < -0.39 is 0 Å². The van der Waals surface area contributed by atoms with Crippen LogP contribution in [0.4, 0.5) is 0 Å². The van der Waals surface area contributed by atoms with E-state index in [0.29, 0.717) is 31.6 Å². The molecule has 0 fully saturated rings. The van der Waals surface area contributed by atoms with Crippen molar-refractivity contribution < 1.29 is 9.53 Å². The summed E-state index contributed by atoms with van der Waals surface area (Å²) in [4.78, 5) is 23.2. The van der Waals surface area contributed by atoms with Crippen LogP contribution in [0.2, 0.25) is 0 Å². The van der Waals surface area contributed by atoms with E-state index in [-0.39, 0.29) is 11.9 Å². The molecule has 0 saturated heterocycles. The highest BCUT2D eigenvalue weighted by molar-refractivity contribution is 5.91. The van der Waals surface area contributed by atoms with Crippen molar-refractivity contribution in [1.29, 1.82) is 5.26 Å². The topological polar surface area (TPSA) is 94.0 Å². The van der Waals surface area contributed by atoms with Gasteiger partial charge in [-0.05, 0) is 34.7 Å². The smallest absolute Gasteiger partial charge is 0.238 e. The molecule has 2 N–H and O–H groups in total. The van der Waals surface area contributed by atoms with Gasteiger partial charge in [0.25, 0.3) is 0 Å². The molecule has 1 aliphatic rings. The molecular formula is C27H25N5O2. The van der Waals surface area contributed by atoms with Crippen LogP contribution in [0.1, 0.15) is 28.1 Å². The van der Waals surface area contributed by atoms with Gasteiger partial charge in [-0.1, -0.05) is 42.5 Å². The number of amides is 1. The highest BCUT2D eigenvalue weighted by Gasteiger charge is 2.33. The number of hydrogen-bond acceptors (Lipinski definition) is 5. The largest absolute Gasteiger partial charge is 0.496 e. The zero-order valence-corrected chi connectivity index (χ0v) is 18.9. The van der Waals surface area contributed by atoms with E-state index in [0.717, 1.165) is 39.0 Å². The van der Waals surface area contributed by atoms with E-state index in [9.17, 15) is 4.79 Å². The van der Waals surface area contributed by atoms with E-state index in [1.54, 1.807) is 25.6 Å². The minimum Gasteiger partial charge on any atom is -0.496 e. The number of carbonyl (C=O) groups is 1. The summed E-state index contributed by atoms with van der Waals surface area (Å²) >= 11 is 0. The fourth-order valence-electron chi connectivity index (χ4n) is 4.58. The summed E-state index contributed by atoms with van der Waals surface area (Å²) in [5, 5.41) is 14.2. The van der Waals surface area contributed by atoms with Gasteiger partial charge in [-0.15, -0.1) is 0 Å². The Labute approximate surface area is 198 Å². The van der Waals surface area contributed by atoms with Gasteiger partial charge in [0, 0.05) is 31.4 Å². The van der Waals surface area contributed by atoms with Crippen LogP contribution in [0.15, 0.2) is 67.0 Å². The molecule has 2 heterocycles. The summed E-state index contributed by atoms with van der Waals surface area (Å²) in [6.07, 6.45) is 2.24. The van der Waals surface area contributed by atoms with E-state index in [4.69, 9.17) is 10.00 Å². The van der Waals surface area contributed by atoms with Crippen LogP contribution in [0.3, 0.4) is 0 Å². The van der Waals surface area contributed by atoms with Crippen LogP contribution >= 0.6 is 0 Å². The minimum atomic E-state index is -0.338. The summed E-state index contributed by atoms with van der Waals surface area (Å²) < 4.78 is 5.55. The van der Waals surface area contributed by atoms with Crippen molar-refractivity contribution in [1.82, 2.24) is 20.2 Å². The molecule has 5 rings (SSSR count). The second kappa shape index (κ2) is 9.38. The summed E-state index contributed by atoms with van der Waals surface area (Å²) in [5.41, 5.74) is 4.69. The van der Waals surface area contributed by atoms with Crippen LogP contribution in [-0.2, 0) is 30.8 Å². The first-order valence-electron chi connectivity index (χ1n) is 11.2. The number of ether oxygens (including phenoxy) is 1. The van der Waals surface area contributed by atoms with Gasteiger partial charge in [0.2, 0.25) is 5.91 Å². The molecule has 0 saturated carbocycles. The SMILES string of the molecule is COc1ccc(CN2Cc3[nH]cnc3CC2C(=O)NCc2ccc(C#N)cc2)c2ccccc12. The number of aromatic nitrogens is 2. The van der Waals surface area contributed by atoms with Crippen LogP contribution < -0.4 is 10.1 Å². The monoisotopic (exact) mass is 451 g/mol. The predicted octanol–water partition coefficient (Wildman–Crippen LogP) is 3.69. The lowest BCUT2D eigenvalue weighted by Crippen LogP contribution is -2.49. The maximum Gasteiger partial charge on any atom is 0.238 e. The Morgan fingerprint density at radius 1 is 1.18 bits per heavy atom. The maximum absolute atomic E-state index is 13.3. The minimum absolute atomic E-state index is 0.0316. The second-order valence-electron chi connectivity index (χ2n) is 8.45. The first kappa shape index (κ1) is 21.7. The predicted molar refractivity (Wildman–Crippen MR) is 129 cm³/mol. The molecule has 0 bridgehead atoms. The third-order valence-corrected chi connectivity index (χ3v) is 6.42. The molecule has 1 unspecified atom stereocenters. The number of fused-ring (bicyclic) bond motifs is 2. The maximum atomic E-state index is 13.3. The number of methoxy groups -OCH3 is 1. The number of H-pyrrole nitrogens is 1. The summed E-state index contributed by atoms with van der Waals surface area (Å²) in [6.45, 7) is 1.65. The second-order valence-corrected chi connectivity index (χ2v) is 8.45. The Balaban J connectivity index is 1.39. The third kappa shape index (κ3) is 4.24. The van der Waals surface area contributed by atoms with Gasteiger partial charge in [0.1, 0.15) is 5.75 Å². The van der Waals surface area contributed by atoms with Crippen molar-refractivity contribution in [2.24, 2.45) is 0 Å². The number of rotatable bonds is 6. The first-order chi connectivity index (χ1) is 16.7. The Bertz CT molecular complexity index is 1370. The van der Waals surface area contributed by atoms with Crippen molar-refractivity contribution in [3.8, 4) is 11.8 Å². The average molecular weight is 452 g/mol. The molecule has 0 radical (unpaired) electrons. The highest BCUT2D eigenvalue weighted by Crippen LogP contribution is 2.31. The lowest BCUT2D eigenvalue weighted by atomic mass is 9.98. The molecular weight excluding hydrogens is 426 g/mol. The zero-order chi connectivity index (χ0) is 23.5. The molecule has 34 heavy (non-hydrogen) atoms. The van der Waals surface area contributed by atoms with E-state index in [1.165, 1.54) is 0 Å². The molecule has 4 aromatic rings. The van der Waals surface area contributed by atoms with Gasteiger partial charge in [-0.3, -0.25) is 9.69 Å². The third-order valence-electron chi connectivity index (χ3n) is 6.42. The number of imidazole rings is 1. The van der Waals surface area contributed by atoms with E-state index in [2.05, 4.69) is 44.5 Å². The highest BCUT2D eigenvalue weighted by atomic mass is 16.5. The quantitative estimate of drug-likeness (QED) is 0.466. The van der Waals surface area contributed by atoms with Gasteiger partial charge in [0.15, 0.2) is 0 Å². The normalized spacial score (nSPS) is 15.5. The lowest BCUT2D eigenvalue weighted by molar-refractivity contribution is -0.127. The number of nitrogens with zero attached hydrogens (tertiary/aromatic N) is 3. The number of carbonyl (C=O) groups excluding carboxylic acids is 1. The molecule has 3 aromatic carbocycles. The summed E-state index contributed by atoms with van der Waals surface area (Å²) in [5.74, 6) is 0.807. The fraction of sp³-hybridized carbons (Fsp3) is 0.222. The van der Waals surface area contributed by atoms with Crippen molar-refractivity contribution in [2.75, 3.05) is 7.11 Å². The Morgan fingerprint density at radius 3 is 2.74 bits per heavy atom. The van der Waals surface area contributed by atoms with Crippen LogP contribution in [-0.4, -0.2) is 33.9 Å². The van der Waals surface area contributed by atoms with Gasteiger partial charge in [-0.25, -0.2) is 4.98 Å². The standard InChI is InChI=1S/C27H25N5O2/c1-34-26-11-10-20(21-4-2-3-5-22(21)26)15-32-16-24-23(30-17-31-24)12-25(32)27(33)29-14-19-8-6-18(13-28)7-9-19/h2-11,17,25H,12,14-16H2,1H3,(H,29,33)(H,30,31). The van der Waals surface area contributed by atoms with E-state index >= 15 is 0 Å². The van der Waals surface area contributed by atoms with Gasteiger partial charge in [-0.2, -0.15) is 5.26 Å². The van der Waals surface area contributed by atoms with Gasteiger partial charge in [0.05, 0.1) is 42.5 Å². The Hall–Kier alpha value is -4.15. The number of benzene rings is 3. The first-order valence-corrected chi connectivity index (χ1v) is 11.2. The molecule has 1 amide bonds. The van der Waals surface area contributed by atoms with Crippen LogP contribution in [0.25, 0.3) is 10.8 Å². The zero-order valence-electron chi connectivity index (χ0n) is 18.9. The van der Waals surface area contributed by atoms with Crippen LogP contribution in [0, 0.1) is 11.3 Å². The molecule has 7 heteroatoms. The van der Waals surface area contributed by atoms with Crippen molar-refractivity contribution in [2.45, 2.75) is 32.1 Å². The molecule has 1 aliphatic heterocycles. The van der Waals surface area contributed by atoms with Crippen molar-refractivity contribution >= 4 is 16.7 Å². The molecule has 170 valence electrons. The van der Waals surface area contributed by atoms with Gasteiger partial charge < -0.3 is 15.0 Å². The Kier molecular flexibility index (Phi) is 5.98. The lowest BCUT2D eigenvalue weighted by Gasteiger charge is -2.34. The molecule has 0 spiro atoms. The van der Waals surface area contributed by atoms with Gasteiger partial charge >= 0.3 is 0 Å². The molecule has 7 nitrogen and oxygen atoms in total. The van der Waals surface area contributed by atoms with E-state index in [1.807, 2.05) is 30.3 Å².